The topological polar surface area (TPSA) is 79.5 Å². The molecular formula is C13H17N3O3. The molecule has 0 saturated heterocycles. The first-order valence-electron chi connectivity index (χ1n) is 6.13. The fourth-order valence-corrected chi connectivity index (χ4v) is 1.74. The van der Waals surface area contributed by atoms with Crippen LogP contribution < -0.4 is 20.7 Å². The number of benzene rings is 1. The fourth-order valence-electron chi connectivity index (χ4n) is 1.74. The standard InChI is InChI=1S/C13H17N3O3/c1-8(14-2)6-15-13(18)9-4-3-5-10-12(9)19-7-11(17)16-10/h3-5,8,14H,6-7H2,1-2H3,(H,15,18)(H,16,17). The molecule has 0 aliphatic carbocycles. The van der Waals surface area contributed by atoms with Crippen LogP contribution in [-0.4, -0.2) is 38.1 Å². The molecule has 1 aliphatic rings. The smallest absolute Gasteiger partial charge is 0.262 e. The highest BCUT2D eigenvalue weighted by atomic mass is 16.5. The van der Waals surface area contributed by atoms with Gasteiger partial charge in [-0.3, -0.25) is 9.59 Å². The lowest BCUT2D eigenvalue weighted by Crippen LogP contribution is -2.37. The van der Waals surface area contributed by atoms with E-state index in [1.807, 2.05) is 14.0 Å². The van der Waals surface area contributed by atoms with Gasteiger partial charge in [0.05, 0.1) is 11.3 Å². The monoisotopic (exact) mass is 263 g/mol. The van der Waals surface area contributed by atoms with Gasteiger partial charge in [0.15, 0.2) is 12.4 Å². The van der Waals surface area contributed by atoms with Crippen molar-refractivity contribution in [2.45, 2.75) is 13.0 Å². The predicted octanol–water partition coefficient (Wildman–Crippen LogP) is 0.355. The third kappa shape index (κ3) is 3.03. The summed E-state index contributed by atoms with van der Waals surface area (Å²) in [7, 11) is 1.83. The Hall–Kier alpha value is -2.08. The van der Waals surface area contributed by atoms with Crippen LogP contribution >= 0.6 is 0 Å². The Bertz CT molecular complexity index is 502. The Morgan fingerprint density at radius 2 is 2.32 bits per heavy atom. The van der Waals surface area contributed by atoms with Gasteiger partial charge < -0.3 is 20.7 Å². The van der Waals surface area contributed by atoms with Crippen LogP contribution in [-0.2, 0) is 4.79 Å². The van der Waals surface area contributed by atoms with Gasteiger partial charge >= 0.3 is 0 Å². The molecule has 0 radical (unpaired) electrons. The predicted molar refractivity (Wildman–Crippen MR) is 71.4 cm³/mol. The second-order valence-electron chi connectivity index (χ2n) is 4.42. The van der Waals surface area contributed by atoms with E-state index in [-0.39, 0.29) is 24.5 Å². The van der Waals surface area contributed by atoms with Crippen molar-refractivity contribution in [2.24, 2.45) is 0 Å². The van der Waals surface area contributed by atoms with E-state index in [4.69, 9.17) is 4.74 Å². The van der Waals surface area contributed by atoms with Gasteiger partial charge in [-0.15, -0.1) is 0 Å². The highest BCUT2D eigenvalue weighted by Gasteiger charge is 2.22. The number of hydrogen-bond donors (Lipinski definition) is 3. The molecule has 0 saturated carbocycles. The fraction of sp³-hybridized carbons (Fsp3) is 0.385. The Labute approximate surface area is 111 Å². The second kappa shape index (κ2) is 5.71. The molecule has 0 bridgehead atoms. The van der Waals surface area contributed by atoms with E-state index in [1.165, 1.54) is 0 Å². The lowest BCUT2D eigenvalue weighted by molar-refractivity contribution is -0.118. The maximum Gasteiger partial charge on any atom is 0.262 e. The maximum atomic E-state index is 12.1. The number of para-hydroxylation sites is 1. The first kappa shape index (κ1) is 13.4. The number of ether oxygens (including phenoxy) is 1. The lowest BCUT2D eigenvalue weighted by atomic mass is 10.1. The van der Waals surface area contributed by atoms with E-state index in [0.717, 1.165) is 0 Å². The Morgan fingerprint density at radius 1 is 1.53 bits per heavy atom. The molecule has 2 rings (SSSR count). The summed E-state index contributed by atoms with van der Waals surface area (Å²) >= 11 is 0. The first-order valence-corrected chi connectivity index (χ1v) is 6.13. The second-order valence-corrected chi connectivity index (χ2v) is 4.42. The van der Waals surface area contributed by atoms with E-state index in [0.29, 0.717) is 23.5 Å². The zero-order valence-corrected chi connectivity index (χ0v) is 10.9. The third-order valence-corrected chi connectivity index (χ3v) is 2.94. The summed E-state index contributed by atoms with van der Waals surface area (Å²) in [6.45, 7) is 2.42. The van der Waals surface area contributed by atoms with Gasteiger partial charge in [0, 0.05) is 12.6 Å². The van der Waals surface area contributed by atoms with Gasteiger partial charge in [0.2, 0.25) is 0 Å². The SMILES string of the molecule is CNC(C)CNC(=O)c1cccc2c1OCC(=O)N2. The van der Waals surface area contributed by atoms with Crippen molar-refractivity contribution in [3.63, 3.8) is 0 Å². The highest BCUT2D eigenvalue weighted by Crippen LogP contribution is 2.31. The molecule has 1 heterocycles. The van der Waals surface area contributed by atoms with Crippen LogP contribution in [0.5, 0.6) is 5.75 Å². The summed E-state index contributed by atoms with van der Waals surface area (Å²) in [5, 5.41) is 8.53. The van der Waals surface area contributed by atoms with E-state index >= 15 is 0 Å². The Kier molecular flexibility index (Phi) is 4.01. The molecule has 0 spiro atoms. The minimum Gasteiger partial charge on any atom is -0.481 e. The minimum absolute atomic E-state index is 0.0653. The van der Waals surface area contributed by atoms with Gasteiger partial charge in [-0.25, -0.2) is 0 Å². The van der Waals surface area contributed by atoms with Gasteiger partial charge in [-0.2, -0.15) is 0 Å². The number of nitrogens with one attached hydrogen (secondary N) is 3. The summed E-state index contributed by atoms with van der Waals surface area (Å²) in [6.07, 6.45) is 0. The normalized spacial score (nSPS) is 14.9. The molecule has 19 heavy (non-hydrogen) atoms. The molecule has 0 fully saturated rings. The molecule has 1 aromatic carbocycles. The number of amides is 2. The molecule has 1 atom stereocenters. The summed E-state index contributed by atoms with van der Waals surface area (Å²) in [4.78, 5) is 23.3. The Balaban J connectivity index is 2.14. The number of likely N-dealkylation sites (N-methyl/N-ethyl adjacent to an activating group) is 1. The quantitative estimate of drug-likeness (QED) is 0.732. The molecule has 3 N–H and O–H groups in total. The van der Waals surface area contributed by atoms with Crippen LogP contribution in [0.3, 0.4) is 0 Å². The van der Waals surface area contributed by atoms with Crippen molar-refractivity contribution in [3.05, 3.63) is 23.8 Å². The van der Waals surface area contributed by atoms with Crippen LogP contribution in [0.1, 0.15) is 17.3 Å². The van der Waals surface area contributed by atoms with Crippen LogP contribution in [0.4, 0.5) is 5.69 Å². The average Bonchev–Trinajstić information content (AvgIpc) is 2.43. The van der Waals surface area contributed by atoms with Gasteiger partial charge in [-0.1, -0.05) is 6.07 Å². The van der Waals surface area contributed by atoms with E-state index in [9.17, 15) is 9.59 Å². The van der Waals surface area contributed by atoms with Gasteiger partial charge in [0.1, 0.15) is 0 Å². The maximum absolute atomic E-state index is 12.1. The van der Waals surface area contributed by atoms with Crippen molar-refractivity contribution in [1.82, 2.24) is 10.6 Å². The van der Waals surface area contributed by atoms with Crippen LogP contribution in [0.2, 0.25) is 0 Å². The van der Waals surface area contributed by atoms with Gasteiger partial charge in [-0.05, 0) is 26.1 Å². The molecular weight excluding hydrogens is 246 g/mol. The van der Waals surface area contributed by atoms with E-state index in [2.05, 4.69) is 16.0 Å². The summed E-state index contributed by atoms with van der Waals surface area (Å²) in [6, 6.07) is 5.28. The largest absolute Gasteiger partial charge is 0.481 e. The van der Waals surface area contributed by atoms with E-state index < -0.39 is 0 Å². The van der Waals surface area contributed by atoms with Gasteiger partial charge in [0.25, 0.3) is 11.8 Å². The number of anilines is 1. The Morgan fingerprint density at radius 3 is 3.05 bits per heavy atom. The summed E-state index contributed by atoms with van der Waals surface area (Å²) in [5.74, 6) is 0.000623. The summed E-state index contributed by atoms with van der Waals surface area (Å²) < 4.78 is 5.33. The first-order chi connectivity index (χ1) is 9.11. The third-order valence-electron chi connectivity index (χ3n) is 2.94. The zero-order valence-electron chi connectivity index (χ0n) is 10.9. The zero-order chi connectivity index (χ0) is 13.8. The summed E-state index contributed by atoms with van der Waals surface area (Å²) in [5.41, 5.74) is 0.964. The van der Waals surface area contributed by atoms with Crippen molar-refractivity contribution in [2.75, 3.05) is 25.5 Å². The van der Waals surface area contributed by atoms with Crippen molar-refractivity contribution < 1.29 is 14.3 Å². The van der Waals surface area contributed by atoms with Crippen LogP contribution in [0.25, 0.3) is 0 Å². The molecule has 6 heteroatoms. The highest BCUT2D eigenvalue weighted by molar-refractivity contribution is 6.03. The molecule has 1 aliphatic heterocycles. The molecule has 2 amide bonds. The van der Waals surface area contributed by atoms with Crippen molar-refractivity contribution in [3.8, 4) is 5.75 Å². The molecule has 1 aromatic rings. The number of rotatable bonds is 4. The molecule has 6 nitrogen and oxygen atoms in total. The lowest BCUT2D eigenvalue weighted by Gasteiger charge is -2.20. The van der Waals surface area contributed by atoms with Crippen molar-refractivity contribution >= 4 is 17.5 Å². The van der Waals surface area contributed by atoms with Crippen LogP contribution in [0, 0.1) is 0 Å². The number of carbonyl (C=O) groups is 2. The number of fused-ring (bicyclic) bond motifs is 1. The molecule has 1 unspecified atom stereocenters. The molecule has 102 valence electrons. The average molecular weight is 263 g/mol. The van der Waals surface area contributed by atoms with Crippen molar-refractivity contribution in [1.29, 1.82) is 0 Å². The van der Waals surface area contributed by atoms with Crippen LogP contribution in [0.15, 0.2) is 18.2 Å². The van der Waals surface area contributed by atoms with E-state index in [1.54, 1.807) is 18.2 Å². The molecule has 0 aromatic heterocycles. The number of carbonyl (C=O) groups excluding carboxylic acids is 2. The number of hydrogen-bond acceptors (Lipinski definition) is 4. The minimum atomic E-state index is -0.214.